The summed E-state index contributed by atoms with van der Waals surface area (Å²) in [6, 6.07) is 10.6. The average molecular weight is 550 g/mol. The third-order valence-electron chi connectivity index (χ3n) is 6.37. The lowest BCUT2D eigenvalue weighted by Crippen LogP contribution is -2.43. The molecule has 1 saturated carbocycles. The number of benzene rings is 2. The normalized spacial score (nSPS) is 15.6. The Labute approximate surface area is 220 Å². The van der Waals surface area contributed by atoms with Crippen molar-refractivity contribution in [2.45, 2.75) is 51.6 Å². The molecule has 1 aromatic heterocycles. The third-order valence-corrected chi connectivity index (χ3v) is 6.37. The van der Waals surface area contributed by atoms with Crippen LogP contribution in [-0.4, -0.2) is 32.1 Å². The van der Waals surface area contributed by atoms with Crippen LogP contribution in [0.3, 0.4) is 0 Å². The molecule has 1 aliphatic carbocycles. The Kier molecular flexibility index (Phi) is 7.69. The van der Waals surface area contributed by atoms with Gasteiger partial charge in [0.1, 0.15) is 23.1 Å². The highest BCUT2D eigenvalue weighted by atomic mass is 19.4. The van der Waals surface area contributed by atoms with E-state index in [1.807, 2.05) is 0 Å². The first kappa shape index (κ1) is 28.1. The number of aliphatic imine (C=N–C) groups is 1. The summed E-state index contributed by atoms with van der Waals surface area (Å²) >= 11 is 0. The minimum atomic E-state index is -4.90. The summed E-state index contributed by atoms with van der Waals surface area (Å²) in [6.45, 7) is 3.07. The van der Waals surface area contributed by atoms with Crippen LogP contribution in [0.25, 0.3) is 0 Å². The molecule has 1 N–H and O–H groups in total. The van der Waals surface area contributed by atoms with Crippen molar-refractivity contribution in [3.8, 4) is 11.5 Å². The molecule has 2 aromatic carbocycles. The topological polar surface area (TPSA) is 95.1 Å². The lowest BCUT2D eigenvalue weighted by atomic mass is 10.0. The lowest BCUT2D eigenvalue weighted by molar-refractivity contribution is -0.274. The predicted octanol–water partition coefficient (Wildman–Crippen LogP) is 4.41. The van der Waals surface area contributed by atoms with Gasteiger partial charge in [-0.1, -0.05) is 25.1 Å². The van der Waals surface area contributed by atoms with Crippen molar-refractivity contribution in [3.63, 3.8) is 0 Å². The monoisotopic (exact) mass is 549 g/mol. The van der Waals surface area contributed by atoms with Crippen LogP contribution in [0.2, 0.25) is 0 Å². The molecule has 3 aromatic rings. The van der Waals surface area contributed by atoms with Crippen LogP contribution in [0.15, 0.2) is 63.1 Å². The summed E-state index contributed by atoms with van der Waals surface area (Å²) in [7, 11) is 1.42. The van der Waals surface area contributed by atoms with Crippen LogP contribution in [0.4, 0.5) is 23.4 Å². The van der Waals surface area contributed by atoms with Crippen LogP contribution in [0.1, 0.15) is 30.9 Å². The molecule has 0 saturated heterocycles. The van der Waals surface area contributed by atoms with Crippen LogP contribution in [0, 0.1) is 18.7 Å². The zero-order chi connectivity index (χ0) is 28.5. The molecular weight excluding hydrogens is 522 g/mol. The van der Waals surface area contributed by atoms with Gasteiger partial charge in [-0.25, -0.2) is 9.18 Å². The zero-order valence-electron chi connectivity index (χ0n) is 21.5. The maximum Gasteiger partial charge on any atom is 0.573 e. The summed E-state index contributed by atoms with van der Waals surface area (Å²) < 4.78 is 63.6. The minimum absolute atomic E-state index is 0.000412. The second kappa shape index (κ2) is 10.7. The molecule has 0 radical (unpaired) electrons. The predicted molar refractivity (Wildman–Crippen MR) is 135 cm³/mol. The number of ether oxygens (including phenoxy) is 2. The van der Waals surface area contributed by atoms with Gasteiger partial charge in [0.05, 0.1) is 17.7 Å². The van der Waals surface area contributed by atoms with E-state index in [0.29, 0.717) is 19.3 Å². The van der Waals surface area contributed by atoms with Crippen molar-refractivity contribution in [1.82, 2.24) is 9.13 Å². The van der Waals surface area contributed by atoms with Gasteiger partial charge in [-0.15, -0.1) is 13.2 Å². The maximum atomic E-state index is 13.4. The molecule has 4 rings (SSSR count). The highest BCUT2D eigenvalue weighted by molar-refractivity contribution is 5.83. The molecule has 0 bridgehead atoms. The molecule has 0 spiro atoms. The first-order valence-electron chi connectivity index (χ1n) is 12.1. The van der Waals surface area contributed by atoms with E-state index < -0.39 is 40.7 Å². The fraction of sp³-hybridized carbons (Fsp3) is 0.370. The second-order valence-electron chi connectivity index (χ2n) is 9.71. The minimum Gasteiger partial charge on any atom is -0.442 e. The van der Waals surface area contributed by atoms with Crippen LogP contribution >= 0.6 is 0 Å². The van der Waals surface area contributed by atoms with Gasteiger partial charge >= 0.3 is 12.1 Å². The Hall–Kier alpha value is -3.93. The van der Waals surface area contributed by atoms with Gasteiger partial charge in [0.15, 0.2) is 5.90 Å². The Morgan fingerprint density at radius 3 is 2.38 bits per heavy atom. The molecule has 0 aliphatic heterocycles. The summed E-state index contributed by atoms with van der Waals surface area (Å²) in [4.78, 5) is 30.6. The fourth-order valence-corrected chi connectivity index (χ4v) is 4.06. The van der Waals surface area contributed by atoms with E-state index >= 15 is 0 Å². The highest BCUT2D eigenvalue weighted by Gasteiger charge is 2.41. The summed E-state index contributed by atoms with van der Waals surface area (Å²) in [5.74, 6) is -1.47. The van der Waals surface area contributed by atoms with E-state index in [1.54, 1.807) is 19.1 Å². The molecule has 39 heavy (non-hydrogen) atoms. The molecule has 1 unspecified atom stereocenters. The molecule has 1 aliphatic rings. The number of aromatic nitrogens is 2. The molecule has 8 nitrogen and oxygen atoms in total. The van der Waals surface area contributed by atoms with Crippen LogP contribution < -0.4 is 20.7 Å². The molecule has 1 fully saturated rings. The Balaban J connectivity index is 1.75. The Morgan fingerprint density at radius 1 is 1.13 bits per heavy atom. The second-order valence-corrected chi connectivity index (χ2v) is 9.71. The largest absolute Gasteiger partial charge is 0.573 e. The number of aliphatic hydroxyl groups is 1. The smallest absolute Gasteiger partial charge is 0.442 e. The van der Waals surface area contributed by atoms with Gasteiger partial charge in [0, 0.05) is 19.0 Å². The van der Waals surface area contributed by atoms with E-state index in [2.05, 4.69) is 9.73 Å². The van der Waals surface area contributed by atoms with Crippen molar-refractivity contribution in [1.29, 1.82) is 0 Å². The number of hydrogen-bond donors (Lipinski definition) is 1. The van der Waals surface area contributed by atoms with Crippen molar-refractivity contribution in [2.24, 2.45) is 18.0 Å². The standard InChI is InChI=1S/C27H27F4N3O5/c1-16(13-18-7-9-19(28)10-8-18)23(38-20-5-4-6-21(14-20)39-27(29,30)31)32-22-17(2)24(35)34(25(36)33(22)3)15-26(37)11-12-26/h4-10,14,16,37H,11-13,15H2,1-3H3/b32-23+. The van der Waals surface area contributed by atoms with E-state index in [4.69, 9.17) is 4.74 Å². The maximum absolute atomic E-state index is 13.4. The number of alkyl halides is 3. The third kappa shape index (κ3) is 6.94. The van der Waals surface area contributed by atoms with Gasteiger partial charge in [0.2, 0.25) is 0 Å². The molecular formula is C27H27F4N3O5. The van der Waals surface area contributed by atoms with E-state index in [0.717, 1.165) is 26.8 Å². The van der Waals surface area contributed by atoms with Crippen molar-refractivity contribution < 1.29 is 32.1 Å². The first-order chi connectivity index (χ1) is 18.2. The summed E-state index contributed by atoms with van der Waals surface area (Å²) in [5.41, 5.74) is -1.55. The summed E-state index contributed by atoms with van der Waals surface area (Å²) in [6.07, 6.45) is -3.64. The molecule has 0 amide bonds. The van der Waals surface area contributed by atoms with Gasteiger partial charge in [-0.3, -0.25) is 13.9 Å². The van der Waals surface area contributed by atoms with E-state index in [1.165, 1.54) is 38.2 Å². The number of hydrogen-bond acceptors (Lipinski definition) is 6. The number of halogens is 4. The van der Waals surface area contributed by atoms with Crippen LogP contribution in [-0.2, 0) is 20.0 Å². The van der Waals surface area contributed by atoms with E-state index in [-0.39, 0.29) is 29.6 Å². The van der Waals surface area contributed by atoms with Crippen LogP contribution in [0.5, 0.6) is 11.5 Å². The zero-order valence-corrected chi connectivity index (χ0v) is 21.5. The SMILES string of the molecule is Cc1c(/N=C(/Oc2cccc(OC(F)(F)F)c2)C(C)Cc2ccc(F)cc2)n(C)c(=O)n(CC2(O)CC2)c1=O. The number of nitrogens with zero attached hydrogens (tertiary/aromatic N) is 3. The Bertz CT molecular complexity index is 1470. The first-order valence-corrected chi connectivity index (χ1v) is 12.1. The lowest BCUT2D eigenvalue weighted by Gasteiger charge is -2.19. The molecule has 1 heterocycles. The van der Waals surface area contributed by atoms with Gasteiger partial charge in [0.25, 0.3) is 5.56 Å². The fourth-order valence-electron chi connectivity index (χ4n) is 4.06. The van der Waals surface area contributed by atoms with Gasteiger partial charge in [-0.05, 0) is 56.0 Å². The Morgan fingerprint density at radius 2 is 1.77 bits per heavy atom. The van der Waals surface area contributed by atoms with Gasteiger partial charge < -0.3 is 14.6 Å². The quantitative estimate of drug-likeness (QED) is 0.255. The van der Waals surface area contributed by atoms with Crippen molar-refractivity contribution in [3.05, 3.63) is 86.3 Å². The average Bonchev–Trinajstić information content (AvgIpc) is 3.60. The number of rotatable bonds is 8. The van der Waals surface area contributed by atoms with Crippen molar-refractivity contribution >= 4 is 11.7 Å². The molecule has 208 valence electrons. The highest BCUT2D eigenvalue weighted by Crippen LogP contribution is 2.36. The molecule has 1 atom stereocenters. The van der Waals surface area contributed by atoms with Crippen molar-refractivity contribution in [2.75, 3.05) is 0 Å². The van der Waals surface area contributed by atoms with E-state index in [9.17, 15) is 32.3 Å². The molecule has 12 heteroatoms. The summed E-state index contributed by atoms with van der Waals surface area (Å²) in [5, 5.41) is 10.3. The van der Waals surface area contributed by atoms with Gasteiger partial charge in [-0.2, -0.15) is 4.99 Å².